The minimum Gasteiger partial charge on any atom is -0.379 e. The predicted molar refractivity (Wildman–Crippen MR) is 108 cm³/mol. The van der Waals surface area contributed by atoms with Crippen LogP contribution in [0.4, 0.5) is 0 Å². The highest BCUT2D eigenvalue weighted by Crippen LogP contribution is 2.23. The van der Waals surface area contributed by atoms with Crippen LogP contribution in [0.5, 0.6) is 0 Å². The molecular formula is C16H42O7Si2. The highest BCUT2D eigenvalue weighted by molar-refractivity contribution is 6.77. The molecule has 1 aliphatic rings. The molecule has 0 spiro atoms. The van der Waals surface area contributed by atoms with Crippen molar-refractivity contribution in [2.24, 2.45) is 0 Å². The van der Waals surface area contributed by atoms with Crippen LogP contribution < -0.4 is 0 Å². The Morgan fingerprint density at radius 3 is 1.88 bits per heavy atom. The van der Waals surface area contributed by atoms with Gasteiger partial charge in [0.05, 0.1) is 13.2 Å². The van der Waals surface area contributed by atoms with Gasteiger partial charge in [0, 0.05) is 41.1 Å². The van der Waals surface area contributed by atoms with Gasteiger partial charge in [0.25, 0.3) is 0 Å². The van der Waals surface area contributed by atoms with E-state index in [0.717, 1.165) is 13.0 Å². The molecule has 1 aliphatic heterocycles. The highest BCUT2D eigenvalue weighted by atomic mass is 28.5. The summed E-state index contributed by atoms with van der Waals surface area (Å²) in [6.07, 6.45) is 1.03. The summed E-state index contributed by atoms with van der Waals surface area (Å²) in [4.78, 5) is 0. The first-order valence-corrected chi connectivity index (χ1v) is 10.6. The van der Waals surface area contributed by atoms with Gasteiger partial charge in [-0.15, -0.1) is 0 Å². The third kappa shape index (κ3) is 10.6. The molecule has 0 radical (unpaired) electrons. The smallest absolute Gasteiger partial charge is 0.379 e. The van der Waals surface area contributed by atoms with Gasteiger partial charge in [0.1, 0.15) is 6.10 Å². The fourth-order valence-electron chi connectivity index (χ4n) is 1.78. The molecule has 1 fully saturated rings. The lowest BCUT2D eigenvalue weighted by molar-refractivity contribution is 0.0866. The van der Waals surface area contributed by atoms with Crippen LogP contribution in [0, 0.1) is 0 Å². The van der Waals surface area contributed by atoms with Crippen molar-refractivity contribution < 1.29 is 31.3 Å². The van der Waals surface area contributed by atoms with E-state index in [0.29, 0.717) is 19.3 Å². The third-order valence-corrected chi connectivity index (χ3v) is 9.45. The maximum absolute atomic E-state index is 6.00. The summed E-state index contributed by atoms with van der Waals surface area (Å²) in [5.41, 5.74) is 1.56. The van der Waals surface area contributed by atoms with Crippen molar-refractivity contribution in [3.63, 3.8) is 0 Å². The second-order valence-corrected chi connectivity index (χ2v) is 10.5. The van der Waals surface area contributed by atoms with Crippen molar-refractivity contribution in [1.29, 1.82) is 0 Å². The summed E-state index contributed by atoms with van der Waals surface area (Å²) in [5, 5.41) is 0. The van der Waals surface area contributed by atoms with Gasteiger partial charge in [0.15, 0.2) is 0 Å². The van der Waals surface area contributed by atoms with E-state index >= 15 is 0 Å². The Labute approximate surface area is 158 Å². The second kappa shape index (κ2) is 16.1. The number of epoxide rings is 1. The van der Waals surface area contributed by atoms with E-state index in [9.17, 15) is 0 Å². The van der Waals surface area contributed by atoms with Gasteiger partial charge in [-0.25, -0.2) is 0 Å². The summed E-state index contributed by atoms with van der Waals surface area (Å²) in [7, 11) is 0.370. The lowest BCUT2D eigenvalue weighted by Gasteiger charge is -2.33. The van der Waals surface area contributed by atoms with E-state index in [1.807, 2.05) is 0 Å². The topological polar surface area (TPSA) is 67.9 Å². The Morgan fingerprint density at radius 2 is 1.52 bits per heavy atom. The summed E-state index contributed by atoms with van der Waals surface area (Å²) >= 11 is 0. The molecule has 25 heavy (non-hydrogen) atoms. The number of hydrogen-bond donors (Lipinski definition) is 0. The quantitative estimate of drug-likeness (QED) is 0.265. The molecule has 7 nitrogen and oxygen atoms in total. The van der Waals surface area contributed by atoms with Crippen molar-refractivity contribution in [3.8, 4) is 0 Å². The Morgan fingerprint density at radius 1 is 1.00 bits per heavy atom. The van der Waals surface area contributed by atoms with E-state index in [1.54, 1.807) is 19.9 Å². The molecule has 0 N–H and O–H groups in total. The van der Waals surface area contributed by atoms with E-state index < -0.39 is 17.6 Å². The van der Waals surface area contributed by atoms with E-state index in [1.165, 1.54) is 14.2 Å². The Hall–Kier alpha value is -0.106. The predicted octanol–water partition coefficient (Wildman–Crippen LogP) is 3.54. The highest BCUT2D eigenvalue weighted by Gasteiger charge is 2.50. The average Bonchev–Trinajstić information content (AvgIpc) is 3.35. The van der Waals surface area contributed by atoms with Crippen molar-refractivity contribution in [2.75, 3.05) is 48.3 Å². The fraction of sp³-hybridized carbons (Fsp3) is 0.875. The number of ether oxygens (including phenoxy) is 2. The minimum atomic E-state index is -2.96. The first-order valence-electron chi connectivity index (χ1n) is 6.83. The van der Waals surface area contributed by atoms with Gasteiger partial charge in [0.2, 0.25) is 0 Å². The molecule has 0 aliphatic carbocycles. The third-order valence-electron chi connectivity index (χ3n) is 3.22. The zero-order chi connectivity index (χ0) is 15.8. The molecule has 9 heteroatoms. The number of hydrogen-bond acceptors (Lipinski definition) is 7. The SMILES string of the molecule is C.C.C.C.C=C[Si](OC)(OC)O[Si](CCCOCC1CO1)(OC)OC. The first kappa shape index (κ1) is 32.6. The molecular weight excluding hydrogens is 360 g/mol. The maximum atomic E-state index is 6.00. The number of rotatable bonds is 13. The molecule has 1 unspecified atom stereocenters. The van der Waals surface area contributed by atoms with Gasteiger partial charge in [-0.3, -0.25) is 0 Å². The Bertz CT molecular complexity index is 307. The van der Waals surface area contributed by atoms with Crippen LogP contribution in [0.2, 0.25) is 6.04 Å². The van der Waals surface area contributed by atoms with Gasteiger partial charge in [-0.2, -0.15) is 0 Å². The van der Waals surface area contributed by atoms with E-state index in [-0.39, 0.29) is 35.8 Å². The van der Waals surface area contributed by atoms with Crippen LogP contribution in [-0.4, -0.2) is 72.0 Å². The van der Waals surface area contributed by atoms with Crippen molar-refractivity contribution >= 4 is 17.6 Å². The molecule has 0 aromatic heterocycles. The molecule has 1 rings (SSSR count). The second-order valence-electron chi connectivity index (χ2n) is 4.54. The zero-order valence-corrected chi connectivity index (χ0v) is 15.3. The summed E-state index contributed by atoms with van der Waals surface area (Å²) < 4.78 is 38.4. The molecule has 156 valence electrons. The van der Waals surface area contributed by atoms with Crippen LogP contribution in [0.1, 0.15) is 36.1 Å². The van der Waals surface area contributed by atoms with Crippen LogP contribution in [0.15, 0.2) is 12.3 Å². The van der Waals surface area contributed by atoms with Gasteiger partial charge in [-0.1, -0.05) is 36.3 Å². The van der Waals surface area contributed by atoms with Crippen LogP contribution in [-0.2, 0) is 31.3 Å². The van der Waals surface area contributed by atoms with Crippen molar-refractivity contribution in [1.82, 2.24) is 0 Å². The lowest BCUT2D eigenvalue weighted by atomic mass is 10.5. The van der Waals surface area contributed by atoms with Crippen LogP contribution >= 0.6 is 0 Å². The lowest BCUT2D eigenvalue weighted by Crippen LogP contribution is -2.56. The molecule has 0 aromatic carbocycles. The van der Waals surface area contributed by atoms with E-state index in [2.05, 4.69) is 6.58 Å². The monoisotopic (exact) mass is 402 g/mol. The van der Waals surface area contributed by atoms with Gasteiger partial charge in [-0.05, 0) is 12.1 Å². The van der Waals surface area contributed by atoms with E-state index in [4.69, 9.17) is 31.3 Å². The summed E-state index contributed by atoms with van der Waals surface area (Å²) in [5.74, 6) is 0. The molecule has 0 saturated carbocycles. The zero-order valence-electron chi connectivity index (χ0n) is 13.3. The maximum Gasteiger partial charge on any atom is 0.521 e. The van der Waals surface area contributed by atoms with Gasteiger partial charge >= 0.3 is 17.6 Å². The van der Waals surface area contributed by atoms with Crippen LogP contribution in [0.25, 0.3) is 0 Å². The molecule has 0 amide bonds. The molecule has 1 heterocycles. The van der Waals surface area contributed by atoms with Crippen LogP contribution in [0.3, 0.4) is 0 Å². The molecule has 1 atom stereocenters. The molecule has 1 saturated heterocycles. The minimum absolute atomic E-state index is 0. The normalized spacial score (nSPS) is 15.8. The molecule has 0 bridgehead atoms. The standard InChI is InChI=1S/C12H26O7Si2.4CH4/c1-6-20(13-2,14-3)19-21(15-4,16-5)9-7-8-17-10-12-11-18-12;;;;/h6,12H,1,7-11H2,2-5H3;4*1H4. The van der Waals surface area contributed by atoms with Crippen molar-refractivity contribution in [3.05, 3.63) is 12.3 Å². The molecule has 0 aromatic rings. The Balaban J connectivity index is -0.000000551. The average molecular weight is 403 g/mol. The van der Waals surface area contributed by atoms with Crippen molar-refractivity contribution in [2.45, 2.75) is 48.3 Å². The van der Waals surface area contributed by atoms with Gasteiger partial charge < -0.3 is 31.3 Å². The summed E-state index contributed by atoms with van der Waals surface area (Å²) in [6, 6.07) is 0.612. The first-order chi connectivity index (χ1) is 10.1. The summed E-state index contributed by atoms with van der Waals surface area (Å²) in [6.45, 7) is 5.76. The fourth-order valence-corrected chi connectivity index (χ4v) is 7.24. The largest absolute Gasteiger partial charge is 0.521 e. The Kier molecular flexibility index (Phi) is 21.0.